The highest BCUT2D eigenvalue weighted by molar-refractivity contribution is 5.96. The van der Waals surface area contributed by atoms with Crippen LogP contribution in [0.5, 0.6) is 0 Å². The maximum Gasteiger partial charge on any atom is 0.224 e. The molecule has 1 fully saturated rings. The van der Waals surface area contributed by atoms with Gasteiger partial charge in [-0.2, -0.15) is 5.10 Å². The van der Waals surface area contributed by atoms with Gasteiger partial charge in [-0.3, -0.25) is 19.9 Å². The average Bonchev–Trinajstić information content (AvgIpc) is 3.61. The SMILES string of the molecule is Cc1cc(F)cc(-c2cncc3[nH]c(-c4n[nH]c5ccc(-c6cncc(NC(=O)CC7CCNCC7)c6)nc45)nc23)c1. The molecule has 0 aliphatic carbocycles. The van der Waals surface area contributed by atoms with Crippen LogP contribution in [-0.4, -0.2) is 54.1 Å². The minimum Gasteiger partial charge on any atom is -0.335 e. The summed E-state index contributed by atoms with van der Waals surface area (Å²) < 4.78 is 14.2. The van der Waals surface area contributed by atoms with Crippen molar-refractivity contribution in [3.05, 3.63) is 72.6 Å². The minimum absolute atomic E-state index is 0.00599. The van der Waals surface area contributed by atoms with Crippen LogP contribution in [0.1, 0.15) is 24.8 Å². The Bertz CT molecular complexity index is 1920. The number of rotatable bonds is 6. The van der Waals surface area contributed by atoms with Gasteiger partial charge >= 0.3 is 0 Å². The molecule has 0 unspecified atom stereocenters. The van der Waals surface area contributed by atoms with Crippen molar-refractivity contribution in [1.82, 2.24) is 40.4 Å². The van der Waals surface area contributed by atoms with E-state index in [4.69, 9.17) is 9.97 Å². The molecule has 1 aliphatic rings. The highest BCUT2D eigenvalue weighted by atomic mass is 19.1. The van der Waals surface area contributed by atoms with Crippen molar-refractivity contribution in [1.29, 1.82) is 0 Å². The fourth-order valence-corrected chi connectivity index (χ4v) is 5.58. The Morgan fingerprint density at radius 1 is 0.952 bits per heavy atom. The molecule has 0 saturated carbocycles. The maximum atomic E-state index is 14.2. The molecule has 6 heterocycles. The fourth-order valence-electron chi connectivity index (χ4n) is 5.58. The van der Waals surface area contributed by atoms with E-state index in [1.54, 1.807) is 24.8 Å². The van der Waals surface area contributed by atoms with E-state index >= 15 is 0 Å². The summed E-state index contributed by atoms with van der Waals surface area (Å²) in [5, 5.41) is 13.9. The van der Waals surface area contributed by atoms with Gasteiger partial charge in [-0.15, -0.1) is 0 Å². The van der Waals surface area contributed by atoms with Crippen molar-refractivity contribution in [3.8, 4) is 33.9 Å². The van der Waals surface area contributed by atoms with Gasteiger partial charge in [-0.1, -0.05) is 6.07 Å². The number of nitrogens with zero attached hydrogens (tertiary/aromatic N) is 5. The Hall–Kier alpha value is -5.03. The van der Waals surface area contributed by atoms with Crippen LogP contribution in [0.4, 0.5) is 10.1 Å². The van der Waals surface area contributed by atoms with Gasteiger partial charge in [0.15, 0.2) is 11.5 Å². The van der Waals surface area contributed by atoms with E-state index in [0.717, 1.165) is 48.1 Å². The predicted octanol–water partition coefficient (Wildman–Crippen LogP) is 5.40. The zero-order chi connectivity index (χ0) is 28.6. The minimum atomic E-state index is -0.312. The second kappa shape index (κ2) is 10.7. The lowest BCUT2D eigenvalue weighted by Crippen LogP contribution is -2.30. The van der Waals surface area contributed by atoms with Crippen LogP contribution < -0.4 is 10.6 Å². The van der Waals surface area contributed by atoms with Crippen molar-refractivity contribution < 1.29 is 9.18 Å². The topological polar surface area (TPSA) is 137 Å². The largest absolute Gasteiger partial charge is 0.335 e. The summed E-state index contributed by atoms with van der Waals surface area (Å²) in [7, 11) is 0. The van der Waals surface area contributed by atoms with Crippen LogP contribution in [-0.2, 0) is 4.79 Å². The van der Waals surface area contributed by atoms with Gasteiger partial charge < -0.3 is 15.6 Å². The Morgan fingerprint density at radius 3 is 2.67 bits per heavy atom. The van der Waals surface area contributed by atoms with Crippen LogP contribution in [0.25, 0.3) is 56.0 Å². The highest BCUT2D eigenvalue weighted by Crippen LogP contribution is 2.32. The molecule has 1 amide bonds. The number of hydrogen-bond acceptors (Lipinski definition) is 7. The smallest absolute Gasteiger partial charge is 0.224 e. The number of H-pyrrole nitrogens is 2. The number of nitrogens with one attached hydrogen (secondary N) is 4. The van der Waals surface area contributed by atoms with E-state index in [1.807, 2.05) is 31.2 Å². The molecule has 7 rings (SSSR count). The van der Waals surface area contributed by atoms with Crippen molar-refractivity contribution in [2.45, 2.75) is 26.2 Å². The van der Waals surface area contributed by atoms with E-state index in [-0.39, 0.29) is 11.7 Å². The molecule has 42 heavy (non-hydrogen) atoms. The van der Waals surface area contributed by atoms with Gasteiger partial charge in [-0.25, -0.2) is 14.4 Å². The van der Waals surface area contributed by atoms with Crippen molar-refractivity contribution in [2.75, 3.05) is 18.4 Å². The molecule has 0 atom stereocenters. The number of piperidine rings is 1. The zero-order valence-corrected chi connectivity index (χ0v) is 22.9. The highest BCUT2D eigenvalue weighted by Gasteiger charge is 2.19. The van der Waals surface area contributed by atoms with Crippen LogP contribution >= 0.6 is 0 Å². The number of carbonyl (C=O) groups is 1. The number of fused-ring (bicyclic) bond motifs is 2. The van der Waals surface area contributed by atoms with Crippen molar-refractivity contribution >= 4 is 33.7 Å². The second-order valence-corrected chi connectivity index (χ2v) is 10.8. The molecule has 0 radical (unpaired) electrons. The first-order chi connectivity index (χ1) is 20.5. The summed E-state index contributed by atoms with van der Waals surface area (Å²) >= 11 is 0. The van der Waals surface area contributed by atoms with Gasteiger partial charge in [-0.05, 0) is 80.2 Å². The van der Waals surface area contributed by atoms with E-state index in [2.05, 4.69) is 35.8 Å². The molecule has 6 aromatic rings. The van der Waals surface area contributed by atoms with Gasteiger partial charge in [0, 0.05) is 29.9 Å². The summed E-state index contributed by atoms with van der Waals surface area (Å²) in [6.07, 6.45) is 9.26. The van der Waals surface area contributed by atoms with Crippen LogP contribution in [0.3, 0.4) is 0 Å². The molecule has 1 saturated heterocycles. The first kappa shape index (κ1) is 25.9. The Balaban J connectivity index is 1.20. The number of imidazole rings is 1. The van der Waals surface area contributed by atoms with Crippen LogP contribution in [0.15, 0.2) is 61.2 Å². The third kappa shape index (κ3) is 5.10. The number of carbonyl (C=O) groups excluding carboxylic acids is 1. The molecule has 1 aromatic carbocycles. The first-order valence-electron chi connectivity index (χ1n) is 13.9. The number of aryl methyl sites for hydroxylation is 1. The second-order valence-electron chi connectivity index (χ2n) is 10.8. The molecule has 0 bridgehead atoms. The number of halogens is 1. The lowest BCUT2D eigenvalue weighted by atomic mass is 9.94. The quantitative estimate of drug-likeness (QED) is 0.214. The van der Waals surface area contributed by atoms with Crippen LogP contribution in [0.2, 0.25) is 0 Å². The Morgan fingerprint density at radius 2 is 1.81 bits per heavy atom. The van der Waals surface area contributed by atoms with Crippen molar-refractivity contribution in [2.24, 2.45) is 5.92 Å². The van der Waals surface area contributed by atoms with Crippen molar-refractivity contribution in [3.63, 3.8) is 0 Å². The lowest BCUT2D eigenvalue weighted by Gasteiger charge is -2.21. The summed E-state index contributed by atoms with van der Waals surface area (Å²) in [4.78, 5) is 34.4. The number of amides is 1. The fraction of sp³-hybridized carbons (Fsp3) is 0.226. The van der Waals surface area contributed by atoms with Gasteiger partial charge in [0.25, 0.3) is 0 Å². The molecular weight excluding hydrogens is 533 g/mol. The maximum absolute atomic E-state index is 14.2. The molecule has 0 spiro atoms. The third-order valence-corrected chi connectivity index (χ3v) is 7.63. The number of aromatic amines is 2. The molecule has 5 aromatic heterocycles. The first-order valence-corrected chi connectivity index (χ1v) is 13.9. The standard InChI is InChI=1S/C31H28FN9O/c1-17-8-19(11-21(32)9-17)23-15-35-16-26-28(23)39-31(38-26)30-29-25(40-41-30)3-2-24(37-29)20-12-22(14-34-13-20)36-27(42)10-18-4-6-33-7-5-18/h2-3,8-9,11-16,18,33H,4-7,10H2,1H3,(H,36,42)(H,38,39)(H,40,41). The number of pyridine rings is 3. The molecule has 210 valence electrons. The Labute approximate surface area is 240 Å². The van der Waals surface area contributed by atoms with Gasteiger partial charge in [0.2, 0.25) is 5.91 Å². The number of hydrogen-bond donors (Lipinski definition) is 4. The predicted molar refractivity (Wildman–Crippen MR) is 159 cm³/mol. The van der Waals surface area contributed by atoms with E-state index < -0.39 is 0 Å². The number of aromatic nitrogens is 7. The van der Waals surface area contributed by atoms with E-state index in [0.29, 0.717) is 57.4 Å². The lowest BCUT2D eigenvalue weighted by molar-refractivity contribution is -0.117. The normalized spacial score (nSPS) is 14.0. The number of anilines is 1. The van der Waals surface area contributed by atoms with E-state index in [9.17, 15) is 9.18 Å². The monoisotopic (exact) mass is 561 g/mol. The van der Waals surface area contributed by atoms with Gasteiger partial charge in [0.1, 0.15) is 11.3 Å². The third-order valence-electron chi connectivity index (χ3n) is 7.63. The molecule has 11 heteroatoms. The molecule has 4 N–H and O–H groups in total. The average molecular weight is 562 g/mol. The summed E-state index contributed by atoms with van der Waals surface area (Å²) in [6.45, 7) is 3.76. The Kier molecular flexibility index (Phi) is 6.63. The molecule has 10 nitrogen and oxygen atoms in total. The van der Waals surface area contributed by atoms with E-state index in [1.165, 1.54) is 12.1 Å². The summed E-state index contributed by atoms with van der Waals surface area (Å²) in [5.41, 5.74) is 7.59. The molecular formula is C31H28FN9O. The van der Waals surface area contributed by atoms with Gasteiger partial charge in [0.05, 0.1) is 40.3 Å². The summed E-state index contributed by atoms with van der Waals surface area (Å²) in [5.74, 6) is 0.593. The zero-order valence-electron chi connectivity index (χ0n) is 22.9. The van der Waals surface area contributed by atoms with Crippen LogP contribution in [0, 0.1) is 18.7 Å². The summed E-state index contributed by atoms with van der Waals surface area (Å²) in [6, 6.07) is 10.5. The number of benzene rings is 1. The molecule has 1 aliphatic heterocycles.